The van der Waals surface area contributed by atoms with Crippen LogP contribution in [0, 0.1) is 0 Å². The summed E-state index contributed by atoms with van der Waals surface area (Å²) in [5.74, 6) is 0. The highest BCUT2D eigenvalue weighted by molar-refractivity contribution is 5.68. The van der Waals surface area contributed by atoms with Gasteiger partial charge in [-0.15, -0.1) is 0 Å². The Labute approximate surface area is 98.1 Å². The van der Waals surface area contributed by atoms with Gasteiger partial charge in [0, 0.05) is 12.6 Å². The van der Waals surface area contributed by atoms with Crippen molar-refractivity contribution in [1.82, 2.24) is 4.90 Å². The van der Waals surface area contributed by atoms with Crippen molar-refractivity contribution in [1.29, 1.82) is 0 Å². The van der Waals surface area contributed by atoms with Crippen LogP contribution < -0.4 is 5.73 Å². The normalized spacial score (nSPS) is 21.2. The maximum atomic E-state index is 11.9. The summed E-state index contributed by atoms with van der Waals surface area (Å²) in [5, 5.41) is 0. The zero-order valence-electron chi connectivity index (χ0n) is 10.7. The van der Waals surface area contributed by atoms with Crippen LogP contribution in [0.25, 0.3) is 0 Å². The summed E-state index contributed by atoms with van der Waals surface area (Å²) >= 11 is 0. The van der Waals surface area contributed by atoms with E-state index in [1.165, 1.54) is 0 Å². The number of rotatable bonds is 3. The van der Waals surface area contributed by atoms with Crippen LogP contribution in [0.2, 0.25) is 0 Å². The summed E-state index contributed by atoms with van der Waals surface area (Å²) in [4.78, 5) is 13.8. The minimum absolute atomic E-state index is 0.174. The van der Waals surface area contributed by atoms with Gasteiger partial charge in [0.1, 0.15) is 5.60 Å². The zero-order valence-corrected chi connectivity index (χ0v) is 10.7. The van der Waals surface area contributed by atoms with E-state index < -0.39 is 5.60 Å². The summed E-state index contributed by atoms with van der Waals surface area (Å²) in [6, 6.07) is 0.332. The number of hydrogen-bond acceptors (Lipinski definition) is 3. The van der Waals surface area contributed by atoms with Crippen LogP contribution in [0.4, 0.5) is 4.79 Å². The lowest BCUT2D eigenvalue weighted by Gasteiger charge is -2.28. The molecule has 2 N–H and O–H groups in total. The van der Waals surface area contributed by atoms with Gasteiger partial charge in [-0.05, 0) is 53.0 Å². The van der Waals surface area contributed by atoms with E-state index in [4.69, 9.17) is 10.5 Å². The van der Waals surface area contributed by atoms with Gasteiger partial charge in [-0.2, -0.15) is 0 Å². The Hall–Kier alpha value is -0.770. The Kier molecular flexibility index (Phi) is 4.59. The van der Waals surface area contributed by atoms with Crippen molar-refractivity contribution < 1.29 is 9.53 Å². The van der Waals surface area contributed by atoms with E-state index in [1.807, 2.05) is 25.7 Å². The van der Waals surface area contributed by atoms with Crippen molar-refractivity contribution in [2.45, 2.75) is 58.1 Å². The summed E-state index contributed by atoms with van der Waals surface area (Å²) in [6.45, 7) is 7.21. The largest absolute Gasteiger partial charge is 0.444 e. The van der Waals surface area contributed by atoms with Crippen molar-refractivity contribution in [2.24, 2.45) is 5.73 Å². The third-order valence-electron chi connectivity index (χ3n) is 2.75. The first kappa shape index (κ1) is 13.3. The van der Waals surface area contributed by atoms with E-state index in [0.29, 0.717) is 12.6 Å². The van der Waals surface area contributed by atoms with Gasteiger partial charge in [-0.25, -0.2) is 4.79 Å². The fourth-order valence-corrected chi connectivity index (χ4v) is 2.05. The van der Waals surface area contributed by atoms with Crippen molar-refractivity contribution in [3.8, 4) is 0 Å². The van der Waals surface area contributed by atoms with Crippen molar-refractivity contribution in [2.75, 3.05) is 13.1 Å². The summed E-state index contributed by atoms with van der Waals surface area (Å²) in [7, 11) is 0. The average molecular weight is 228 g/mol. The Morgan fingerprint density at radius 1 is 1.50 bits per heavy atom. The number of hydrogen-bond donors (Lipinski definition) is 1. The molecule has 1 fully saturated rings. The lowest BCUT2D eigenvalue weighted by Crippen LogP contribution is -2.39. The number of amides is 1. The van der Waals surface area contributed by atoms with Gasteiger partial charge >= 0.3 is 6.09 Å². The van der Waals surface area contributed by atoms with Crippen molar-refractivity contribution in [3.63, 3.8) is 0 Å². The molecule has 0 aromatic heterocycles. The molecule has 1 amide bonds. The molecule has 4 heteroatoms. The van der Waals surface area contributed by atoms with Crippen LogP contribution in [0.1, 0.15) is 46.5 Å². The van der Waals surface area contributed by atoms with Crippen LogP contribution in [0.15, 0.2) is 0 Å². The molecule has 0 radical (unpaired) electrons. The fraction of sp³-hybridized carbons (Fsp3) is 0.917. The quantitative estimate of drug-likeness (QED) is 0.805. The molecule has 0 aromatic carbocycles. The van der Waals surface area contributed by atoms with Crippen LogP contribution in [0.5, 0.6) is 0 Å². The molecule has 16 heavy (non-hydrogen) atoms. The minimum Gasteiger partial charge on any atom is -0.444 e. The molecule has 0 saturated carbocycles. The molecule has 1 rings (SSSR count). The third-order valence-corrected chi connectivity index (χ3v) is 2.75. The van der Waals surface area contributed by atoms with Gasteiger partial charge in [0.2, 0.25) is 0 Å². The molecule has 1 aliphatic rings. The van der Waals surface area contributed by atoms with Gasteiger partial charge in [0.25, 0.3) is 0 Å². The molecule has 1 aliphatic heterocycles. The second kappa shape index (κ2) is 5.53. The summed E-state index contributed by atoms with van der Waals surface area (Å²) in [6.07, 6.45) is 3.96. The van der Waals surface area contributed by atoms with E-state index in [0.717, 1.165) is 32.2 Å². The molecule has 1 saturated heterocycles. The highest BCUT2D eigenvalue weighted by Crippen LogP contribution is 2.23. The van der Waals surface area contributed by atoms with Gasteiger partial charge in [0.15, 0.2) is 0 Å². The summed E-state index contributed by atoms with van der Waals surface area (Å²) < 4.78 is 5.39. The number of ether oxygens (including phenoxy) is 1. The molecule has 0 unspecified atom stereocenters. The van der Waals surface area contributed by atoms with Gasteiger partial charge in [-0.1, -0.05) is 0 Å². The van der Waals surface area contributed by atoms with Crippen LogP contribution in [-0.4, -0.2) is 35.7 Å². The number of carbonyl (C=O) groups is 1. The smallest absolute Gasteiger partial charge is 0.410 e. The van der Waals surface area contributed by atoms with E-state index in [2.05, 4.69) is 0 Å². The fourth-order valence-electron chi connectivity index (χ4n) is 2.05. The predicted molar refractivity (Wildman–Crippen MR) is 64.3 cm³/mol. The highest BCUT2D eigenvalue weighted by Gasteiger charge is 2.31. The number of carbonyl (C=O) groups excluding carboxylic acids is 1. The molecule has 94 valence electrons. The monoisotopic (exact) mass is 228 g/mol. The maximum absolute atomic E-state index is 11.9. The number of nitrogens with zero attached hydrogens (tertiary/aromatic N) is 1. The Balaban J connectivity index is 2.47. The van der Waals surface area contributed by atoms with Gasteiger partial charge in [-0.3, -0.25) is 0 Å². The van der Waals surface area contributed by atoms with Crippen molar-refractivity contribution in [3.05, 3.63) is 0 Å². The SMILES string of the molecule is CC(C)(C)OC(=O)N1CCC[C@H]1CCCN. The topological polar surface area (TPSA) is 55.6 Å². The molecule has 0 aliphatic carbocycles. The molecule has 1 heterocycles. The average Bonchev–Trinajstić information content (AvgIpc) is 2.59. The first-order valence-corrected chi connectivity index (χ1v) is 6.14. The third kappa shape index (κ3) is 4.00. The Morgan fingerprint density at radius 3 is 2.75 bits per heavy atom. The summed E-state index contributed by atoms with van der Waals surface area (Å²) in [5.41, 5.74) is 5.09. The molecular weight excluding hydrogens is 204 g/mol. The second-order valence-corrected chi connectivity index (χ2v) is 5.40. The minimum atomic E-state index is -0.405. The highest BCUT2D eigenvalue weighted by atomic mass is 16.6. The number of nitrogens with two attached hydrogens (primary N) is 1. The van der Waals surface area contributed by atoms with Gasteiger partial charge < -0.3 is 15.4 Å². The standard InChI is InChI=1S/C12H24N2O2/c1-12(2,3)16-11(15)14-9-5-7-10(14)6-4-8-13/h10H,4-9,13H2,1-3H3/t10-/m1/s1. The first-order chi connectivity index (χ1) is 7.44. The predicted octanol–water partition coefficient (Wildman–Crippen LogP) is 2.12. The maximum Gasteiger partial charge on any atom is 0.410 e. The molecule has 0 spiro atoms. The van der Waals surface area contributed by atoms with Crippen LogP contribution in [-0.2, 0) is 4.74 Å². The molecule has 4 nitrogen and oxygen atoms in total. The van der Waals surface area contributed by atoms with Crippen molar-refractivity contribution >= 4 is 6.09 Å². The lowest BCUT2D eigenvalue weighted by atomic mass is 10.1. The molecule has 1 atom stereocenters. The van der Waals surface area contributed by atoms with E-state index >= 15 is 0 Å². The Bertz CT molecular complexity index is 236. The van der Waals surface area contributed by atoms with E-state index in [1.54, 1.807) is 0 Å². The lowest BCUT2D eigenvalue weighted by molar-refractivity contribution is 0.0219. The van der Waals surface area contributed by atoms with E-state index in [-0.39, 0.29) is 6.09 Å². The number of likely N-dealkylation sites (tertiary alicyclic amines) is 1. The molecule has 0 bridgehead atoms. The van der Waals surface area contributed by atoms with Crippen LogP contribution >= 0.6 is 0 Å². The molecule has 0 aromatic rings. The Morgan fingerprint density at radius 2 is 2.19 bits per heavy atom. The first-order valence-electron chi connectivity index (χ1n) is 6.14. The van der Waals surface area contributed by atoms with Gasteiger partial charge in [0.05, 0.1) is 0 Å². The zero-order chi connectivity index (χ0) is 12.2. The van der Waals surface area contributed by atoms with E-state index in [9.17, 15) is 4.79 Å². The van der Waals surface area contributed by atoms with Crippen LogP contribution in [0.3, 0.4) is 0 Å². The molecular formula is C12H24N2O2. The second-order valence-electron chi connectivity index (χ2n) is 5.40.